The molecule has 7 nitrogen and oxygen atoms in total. The van der Waals surface area contributed by atoms with Crippen molar-refractivity contribution < 1.29 is 9.47 Å². The van der Waals surface area contributed by atoms with Gasteiger partial charge in [-0.25, -0.2) is 4.68 Å². The van der Waals surface area contributed by atoms with E-state index in [0.29, 0.717) is 24.8 Å². The van der Waals surface area contributed by atoms with Crippen LogP contribution in [0.3, 0.4) is 0 Å². The van der Waals surface area contributed by atoms with Crippen molar-refractivity contribution in [1.29, 1.82) is 0 Å². The zero-order chi connectivity index (χ0) is 17.5. The number of hydrogen-bond acceptors (Lipinski definition) is 7. The largest absolute Gasteiger partial charge is 0.493 e. The van der Waals surface area contributed by atoms with Crippen LogP contribution in [0, 0.1) is 0 Å². The van der Waals surface area contributed by atoms with Crippen LogP contribution < -0.4 is 14.8 Å². The van der Waals surface area contributed by atoms with Gasteiger partial charge in [0.25, 0.3) is 0 Å². The maximum absolute atomic E-state index is 5.86. The number of thiophene rings is 1. The third kappa shape index (κ3) is 4.48. The lowest BCUT2D eigenvalue weighted by atomic mass is 10.2. The molecule has 132 valence electrons. The zero-order valence-electron chi connectivity index (χ0n) is 14.3. The highest BCUT2D eigenvalue weighted by Crippen LogP contribution is 2.29. The van der Waals surface area contributed by atoms with Crippen molar-refractivity contribution in [3.63, 3.8) is 0 Å². The third-order valence-corrected chi connectivity index (χ3v) is 4.45. The molecule has 0 saturated heterocycles. The van der Waals surface area contributed by atoms with E-state index in [1.165, 1.54) is 4.88 Å². The highest BCUT2D eigenvalue weighted by atomic mass is 32.1. The van der Waals surface area contributed by atoms with Crippen molar-refractivity contribution >= 4 is 17.3 Å². The van der Waals surface area contributed by atoms with E-state index >= 15 is 0 Å². The summed E-state index contributed by atoms with van der Waals surface area (Å²) in [5, 5.41) is 17.0. The fraction of sp³-hybridized carbons (Fsp3) is 0.353. The van der Waals surface area contributed by atoms with Crippen LogP contribution in [0.25, 0.3) is 0 Å². The quantitative estimate of drug-likeness (QED) is 0.632. The second-order valence-electron chi connectivity index (χ2n) is 5.43. The molecule has 0 aliphatic heterocycles. The molecule has 2 aromatic heterocycles. The number of aryl methyl sites for hydroxylation is 1. The van der Waals surface area contributed by atoms with Crippen LogP contribution in [0.15, 0.2) is 35.7 Å². The number of methoxy groups -OCH3 is 1. The van der Waals surface area contributed by atoms with Crippen molar-refractivity contribution in [3.05, 3.63) is 46.2 Å². The minimum absolute atomic E-state index is 0.539. The second kappa shape index (κ2) is 8.48. The van der Waals surface area contributed by atoms with Crippen LogP contribution in [0.5, 0.6) is 11.5 Å². The predicted molar refractivity (Wildman–Crippen MR) is 97.1 cm³/mol. The number of aromatic nitrogens is 4. The molecule has 0 fully saturated rings. The molecule has 0 amide bonds. The molecule has 0 saturated carbocycles. The smallest absolute Gasteiger partial charge is 0.243 e. The summed E-state index contributed by atoms with van der Waals surface area (Å²) >= 11 is 1.67. The second-order valence-corrected chi connectivity index (χ2v) is 6.46. The fourth-order valence-corrected chi connectivity index (χ4v) is 2.98. The van der Waals surface area contributed by atoms with Gasteiger partial charge in [0.05, 0.1) is 7.11 Å². The van der Waals surface area contributed by atoms with Gasteiger partial charge in [0, 0.05) is 18.0 Å². The Morgan fingerprint density at radius 2 is 2.16 bits per heavy atom. The molecule has 0 unspecified atom stereocenters. The van der Waals surface area contributed by atoms with E-state index in [2.05, 4.69) is 33.8 Å². The van der Waals surface area contributed by atoms with Gasteiger partial charge in [-0.05, 0) is 46.0 Å². The van der Waals surface area contributed by atoms with E-state index in [4.69, 9.17) is 9.47 Å². The molecule has 8 heteroatoms. The zero-order valence-corrected chi connectivity index (χ0v) is 15.1. The Morgan fingerprint density at radius 1 is 1.24 bits per heavy atom. The highest BCUT2D eigenvalue weighted by molar-refractivity contribution is 7.09. The van der Waals surface area contributed by atoms with E-state index in [1.807, 2.05) is 29.6 Å². The van der Waals surface area contributed by atoms with Crippen LogP contribution in [-0.2, 0) is 19.7 Å². The Labute approximate surface area is 150 Å². The number of nitrogens with one attached hydrogen (secondary N) is 1. The van der Waals surface area contributed by atoms with Gasteiger partial charge in [0.2, 0.25) is 5.95 Å². The van der Waals surface area contributed by atoms with Gasteiger partial charge in [0.1, 0.15) is 6.61 Å². The van der Waals surface area contributed by atoms with E-state index in [9.17, 15) is 0 Å². The third-order valence-electron chi connectivity index (χ3n) is 3.60. The normalized spacial score (nSPS) is 10.6. The van der Waals surface area contributed by atoms with Gasteiger partial charge in [-0.3, -0.25) is 0 Å². The lowest BCUT2D eigenvalue weighted by molar-refractivity contribution is 0.287. The Kier molecular flexibility index (Phi) is 5.84. The molecule has 0 aliphatic rings. The molecule has 0 aliphatic carbocycles. The predicted octanol–water partition coefficient (Wildman–Crippen LogP) is 3.34. The van der Waals surface area contributed by atoms with Crippen LogP contribution in [0.4, 0.5) is 5.95 Å². The lowest BCUT2D eigenvalue weighted by Gasteiger charge is -2.12. The van der Waals surface area contributed by atoms with Gasteiger partial charge >= 0.3 is 0 Å². The lowest BCUT2D eigenvalue weighted by Crippen LogP contribution is -2.09. The van der Waals surface area contributed by atoms with Crippen molar-refractivity contribution in [2.24, 2.45) is 0 Å². The summed E-state index contributed by atoms with van der Waals surface area (Å²) in [5.41, 5.74) is 1.06. The number of tetrazole rings is 1. The number of benzene rings is 1. The molecule has 1 N–H and O–H groups in total. The molecule has 3 rings (SSSR count). The molecule has 0 spiro atoms. The number of ether oxygens (including phenoxy) is 2. The molecule has 0 bridgehead atoms. The van der Waals surface area contributed by atoms with Gasteiger partial charge in [-0.15, -0.1) is 11.3 Å². The Hall–Kier alpha value is -2.61. The fourth-order valence-electron chi connectivity index (χ4n) is 2.36. The maximum Gasteiger partial charge on any atom is 0.243 e. The van der Waals surface area contributed by atoms with Crippen molar-refractivity contribution in [3.8, 4) is 11.5 Å². The summed E-state index contributed by atoms with van der Waals surface area (Å²) in [6, 6.07) is 9.97. The van der Waals surface area contributed by atoms with Crippen molar-refractivity contribution in [1.82, 2.24) is 20.2 Å². The van der Waals surface area contributed by atoms with E-state index < -0.39 is 0 Å². The summed E-state index contributed by atoms with van der Waals surface area (Å²) in [5.74, 6) is 2.11. The molecule has 0 atom stereocenters. The summed E-state index contributed by atoms with van der Waals surface area (Å²) < 4.78 is 13.1. The average molecular weight is 359 g/mol. The van der Waals surface area contributed by atoms with Crippen LogP contribution >= 0.6 is 11.3 Å². The van der Waals surface area contributed by atoms with Gasteiger partial charge in [-0.2, -0.15) is 0 Å². The van der Waals surface area contributed by atoms with Crippen LogP contribution in [-0.4, -0.2) is 27.3 Å². The maximum atomic E-state index is 5.86. The van der Waals surface area contributed by atoms with Gasteiger partial charge in [-0.1, -0.05) is 24.2 Å². The summed E-state index contributed by atoms with van der Waals surface area (Å²) in [4.78, 5) is 1.18. The molecule has 1 aromatic carbocycles. The molecule has 0 radical (unpaired) electrons. The SMILES string of the molecule is CCCn1nnnc1NCc1ccc(OCc2cccs2)c(OC)c1. The van der Waals surface area contributed by atoms with Crippen LogP contribution in [0.2, 0.25) is 0 Å². The monoisotopic (exact) mass is 359 g/mol. The topological polar surface area (TPSA) is 74.1 Å². The molecular formula is C17H21N5O2S. The summed E-state index contributed by atoms with van der Waals surface area (Å²) in [6.45, 7) is 4.02. The summed E-state index contributed by atoms with van der Waals surface area (Å²) in [6.07, 6.45) is 0.976. The minimum atomic E-state index is 0.539. The molecular weight excluding hydrogens is 338 g/mol. The Bertz CT molecular complexity index is 788. The average Bonchev–Trinajstić information content (AvgIpc) is 3.30. The first-order valence-electron chi connectivity index (χ1n) is 8.12. The van der Waals surface area contributed by atoms with Gasteiger partial charge < -0.3 is 14.8 Å². The van der Waals surface area contributed by atoms with E-state index in [-0.39, 0.29) is 0 Å². The Morgan fingerprint density at radius 3 is 2.92 bits per heavy atom. The minimum Gasteiger partial charge on any atom is -0.493 e. The number of rotatable bonds is 9. The molecule has 3 aromatic rings. The number of anilines is 1. The Balaban J connectivity index is 1.63. The van der Waals surface area contributed by atoms with E-state index in [1.54, 1.807) is 23.1 Å². The standard InChI is InChI=1S/C17H21N5O2S/c1-3-8-22-17(19-20-21-22)18-11-13-6-7-15(16(10-13)23-2)24-12-14-5-4-9-25-14/h4-7,9-10H,3,8,11-12H2,1-2H3,(H,18,19,21). The molecule has 25 heavy (non-hydrogen) atoms. The molecule has 2 heterocycles. The first-order valence-corrected chi connectivity index (χ1v) is 9.00. The highest BCUT2D eigenvalue weighted by Gasteiger charge is 2.09. The van der Waals surface area contributed by atoms with E-state index in [0.717, 1.165) is 24.3 Å². The van der Waals surface area contributed by atoms with Crippen molar-refractivity contribution in [2.75, 3.05) is 12.4 Å². The summed E-state index contributed by atoms with van der Waals surface area (Å²) in [7, 11) is 1.65. The first-order chi connectivity index (χ1) is 12.3. The van der Waals surface area contributed by atoms with Crippen molar-refractivity contribution in [2.45, 2.75) is 33.0 Å². The van der Waals surface area contributed by atoms with Crippen LogP contribution in [0.1, 0.15) is 23.8 Å². The van der Waals surface area contributed by atoms with Gasteiger partial charge in [0.15, 0.2) is 11.5 Å². The first kappa shape index (κ1) is 17.2. The number of nitrogens with zero attached hydrogens (tertiary/aromatic N) is 4. The number of hydrogen-bond donors (Lipinski definition) is 1.